The van der Waals surface area contributed by atoms with Crippen LogP contribution in [0.4, 0.5) is 0 Å². The van der Waals surface area contributed by atoms with Crippen LogP contribution < -0.4 is 0 Å². The molecule has 5 heterocycles. The second-order valence-electron chi connectivity index (χ2n) is 21.1. The van der Waals surface area contributed by atoms with E-state index in [9.17, 15) is 0 Å². The van der Waals surface area contributed by atoms with E-state index >= 15 is 0 Å². The molecule has 0 aliphatic carbocycles. The first-order valence-corrected chi connectivity index (χ1v) is 28.6. The van der Waals surface area contributed by atoms with Crippen molar-refractivity contribution in [2.75, 3.05) is 0 Å². The van der Waals surface area contributed by atoms with Gasteiger partial charge in [-0.2, -0.15) is 0 Å². The third-order valence-electron chi connectivity index (χ3n) is 16.5. The van der Waals surface area contributed by atoms with Gasteiger partial charge in [-0.25, -0.2) is 15.0 Å². The van der Waals surface area contributed by atoms with Gasteiger partial charge >= 0.3 is 0 Å². The molecular weight excluding hydrogens is 1020 g/mol. The van der Waals surface area contributed by atoms with E-state index in [0.717, 1.165) is 99.9 Å². The normalized spacial score (nSPS) is 11.9. The summed E-state index contributed by atoms with van der Waals surface area (Å²) in [5.74, 6) is 1.82. The predicted molar refractivity (Wildman–Crippen MR) is 343 cm³/mol. The fourth-order valence-electron chi connectivity index (χ4n) is 12.8. The number of fused-ring (bicyclic) bond motifs is 12. The van der Waals surface area contributed by atoms with Crippen molar-refractivity contribution < 1.29 is 0 Å². The minimum absolute atomic E-state index is 0.589. The Bertz CT molecular complexity index is 5060. The number of rotatable bonds is 8. The highest BCUT2D eigenvalue weighted by molar-refractivity contribution is 7.25. The van der Waals surface area contributed by atoms with Crippen LogP contribution in [0.25, 0.3) is 159 Å². The first-order valence-electron chi connectivity index (χ1n) is 27.7. The standard InChI is InChI=1S/C75H46N6S/c1-4-20-47(21-5-1)62-42-51(75-77-73(49-24-8-3-9-25-49)76-74(78-75)50-36-39-61-60-30-14-19-35-70(60)82-71(61)44-50)43-63(48-22-6-2-7-23-48)72(62)81-68-45-52(79-64-31-15-10-26-54(64)55-27-11-16-32-65(55)79)37-40-58(68)59-41-38-53(46-69(59)81)80-66-33-17-12-28-56(66)57-29-13-18-34-67(57)80/h1-46H. The second kappa shape index (κ2) is 18.4. The first-order chi connectivity index (χ1) is 40.7. The molecule has 0 atom stereocenters. The molecule has 82 heavy (non-hydrogen) atoms. The average molecular weight is 1060 g/mol. The molecule has 5 aromatic heterocycles. The van der Waals surface area contributed by atoms with Crippen LogP contribution in [0.3, 0.4) is 0 Å². The van der Waals surface area contributed by atoms with E-state index in [0.29, 0.717) is 17.5 Å². The van der Waals surface area contributed by atoms with Gasteiger partial charge in [0, 0.05) is 91.7 Å². The summed E-state index contributed by atoms with van der Waals surface area (Å²) in [5.41, 5.74) is 17.0. The van der Waals surface area contributed by atoms with Crippen LogP contribution in [0.2, 0.25) is 0 Å². The van der Waals surface area contributed by atoms with E-state index < -0.39 is 0 Å². The van der Waals surface area contributed by atoms with Crippen LogP contribution in [0, 0.1) is 0 Å². The number of nitrogens with zero attached hydrogens (tertiary/aromatic N) is 6. The average Bonchev–Trinajstić information content (AvgIpc) is 2.82. The molecule has 0 fully saturated rings. The lowest BCUT2D eigenvalue weighted by Gasteiger charge is -2.21. The minimum atomic E-state index is 0.589. The van der Waals surface area contributed by atoms with E-state index in [4.69, 9.17) is 15.0 Å². The lowest BCUT2D eigenvalue weighted by molar-refractivity contribution is 1.07. The Labute approximate surface area is 475 Å². The number of para-hydroxylation sites is 4. The lowest BCUT2D eigenvalue weighted by Crippen LogP contribution is -2.05. The second-order valence-corrected chi connectivity index (χ2v) is 22.2. The Morgan fingerprint density at radius 1 is 0.232 bits per heavy atom. The summed E-state index contributed by atoms with van der Waals surface area (Å²) >= 11 is 1.80. The summed E-state index contributed by atoms with van der Waals surface area (Å²) in [4.78, 5) is 16.1. The van der Waals surface area contributed by atoms with Crippen LogP contribution in [0.1, 0.15) is 0 Å². The van der Waals surface area contributed by atoms with Gasteiger partial charge in [0.15, 0.2) is 17.5 Å². The number of thiophene rings is 1. The van der Waals surface area contributed by atoms with Gasteiger partial charge in [0.25, 0.3) is 0 Å². The quantitative estimate of drug-likeness (QED) is 0.152. The molecule has 17 rings (SSSR count). The Hall–Kier alpha value is -10.7. The van der Waals surface area contributed by atoms with Crippen LogP contribution in [-0.2, 0) is 0 Å². The van der Waals surface area contributed by atoms with Crippen LogP contribution >= 0.6 is 11.3 Å². The number of hydrogen-bond donors (Lipinski definition) is 0. The number of aromatic nitrogens is 6. The third-order valence-corrected chi connectivity index (χ3v) is 17.6. The molecule has 17 aromatic rings. The van der Waals surface area contributed by atoms with Gasteiger partial charge in [-0.05, 0) is 83.9 Å². The van der Waals surface area contributed by atoms with Crippen molar-refractivity contribution in [3.05, 3.63) is 279 Å². The fourth-order valence-corrected chi connectivity index (χ4v) is 14.0. The topological polar surface area (TPSA) is 53.5 Å². The molecule has 7 heteroatoms. The third kappa shape index (κ3) is 7.23. The summed E-state index contributed by atoms with van der Waals surface area (Å²) in [5, 5.41) is 9.68. The zero-order valence-corrected chi connectivity index (χ0v) is 45.0. The van der Waals surface area contributed by atoms with E-state index in [1.165, 1.54) is 41.7 Å². The van der Waals surface area contributed by atoms with Crippen molar-refractivity contribution >= 4 is 96.9 Å². The largest absolute Gasteiger partial charge is 0.309 e. The molecule has 382 valence electrons. The maximum Gasteiger partial charge on any atom is 0.164 e. The van der Waals surface area contributed by atoms with Gasteiger partial charge in [0.05, 0.1) is 38.8 Å². The van der Waals surface area contributed by atoms with Crippen molar-refractivity contribution in [3.63, 3.8) is 0 Å². The summed E-state index contributed by atoms with van der Waals surface area (Å²) in [6, 6.07) is 101. The maximum atomic E-state index is 5.47. The van der Waals surface area contributed by atoms with Gasteiger partial charge in [0.2, 0.25) is 0 Å². The van der Waals surface area contributed by atoms with Gasteiger partial charge in [-0.1, -0.05) is 206 Å². The van der Waals surface area contributed by atoms with Crippen molar-refractivity contribution in [2.24, 2.45) is 0 Å². The van der Waals surface area contributed by atoms with Gasteiger partial charge in [-0.3, -0.25) is 0 Å². The summed E-state index contributed by atoms with van der Waals surface area (Å²) in [6.45, 7) is 0. The monoisotopic (exact) mass is 1060 g/mol. The minimum Gasteiger partial charge on any atom is -0.309 e. The molecule has 0 radical (unpaired) electrons. The maximum absolute atomic E-state index is 5.47. The molecule has 12 aromatic carbocycles. The van der Waals surface area contributed by atoms with Gasteiger partial charge < -0.3 is 13.7 Å². The summed E-state index contributed by atoms with van der Waals surface area (Å²) < 4.78 is 9.85. The SMILES string of the molecule is c1ccc(-c2nc(-c3cc(-c4ccccc4)c(-n4c5cc(-n6c7ccccc7c7ccccc76)ccc5c5ccc(-n6c7ccccc7c7ccccc76)cc54)c(-c4ccccc4)c3)nc(-c3ccc4c(c3)sc3ccccc34)n2)cc1. The van der Waals surface area contributed by atoms with E-state index in [-0.39, 0.29) is 0 Å². The smallest absolute Gasteiger partial charge is 0.164 e. The summed E-state index contributed by atoms with van der Waals surface area (Å²) in [7, 11) is 0. The Morgan fingerprint density at radius 3 is 1.09 bits per heavy atom. The van der Waals surface area contributed by atoms with E-state index in [2.05, 4.69) is 275 Å². The lowest BCUT2D eigenvalue weighted by atomic mass is 9.92. The number of benzene rings is 12. The summed E-state index contributed by atoms with van der Waals surface area (Å²) in [6.07, 6.45) is 0. The molecule has 0 N–H and O–H groups in total. The fraction of sp³-hybridized carbons (Fsp3) is 0. The van der Waals surface area contributed by atoms with Gasteiger partial charge in [-0.15, -0.1) is 11.3 Å². The molecule has 0 saturated carbocycles. The van der Waals surface area contributed by atoms with Crippen LogP contribution in [0.5, 0.6) is 0 Å². The van der Waals surface area contributed by atoms with Gasteiger partial charge in [0.1, 0.15) is 0 Å². The molecule has 0 saturated heterocycles. The van der Waals surface area contributed by atoms with Crippen molar-refractivity contribution in [2.45, 2.75) is 0 Å². The molecule has 6 nitrogen and oxygen atoms in total. The highest BCUT2D eigenvalue weighted by Crippen LogP contribution is 2.46. The van der Waals surface area contributed by atoms with Crippen molar-refractivity contribution in [1.29, 1.82) is 0 Å². The van der Waals surface area contributed by atoms with Crippen molar-refractivity contribution in [1.82, 2.24) is 28.7 Å². The molecule has 0 bridgehead atoms. The molecule has 0 spiro atoms. The van der Waals surface area contributed by atoms with Crippen LogP contribution in [-0.4, -0.2) is 28.7 Å². The highest BCUT2D eigenvalue weighted by Gasteiger charge is 2.25. The molecule has 0 unspecified atom stereocenters. The Morgan fingerprint density at radius 2 is 0.598 bits per heavy atom. The number of hydrogen-bond acceptors (Lipinski definition) is 4. The predicted octanol–water partition coefficient (Wildman–Crippen LogP) is 19.9. The highest BCUT2D eigenvalue weighted by atomic mass is 32.1. The van der Waals surface area contributed by atoms with E-state index in [1.54, 1.807) is 11.3 Å². The Kier molecular flexibility index (Phi) is 10.4. The Balaban J connectivity index is 0.982. The van der Waals surface area contributed by atoms with E-state index in [1.807, 2.05) is 18.2 Å². The zero-order chi connectivity index (χ0) is 53.8. The molecule has 0 aliphatic heterocycles. The van der Waals surface area contributed by atoms with Crippen LogP contribution in [0.15, 0.2) is 279 Å². The zero-order valence-electron chi connectivity index (χ0n) is 44.1. The molecule has 0 aliphatic rings. The molecular formula is C75H46N6S. The first kappa shape index (κ1) is 46.2. The molecule has 0 amide bonds. The van der Waals surface area contributed by atoms with Crippen molar-refractivity contribution in [3.8, 4) is 73.5 Å².